The molecule has 2 aromatic rings. The van der Waals surface area contributed by atoms with Crippen LogP contribution in [0.25, 0.3) is 0 Å². The van der Waals surface area contributed by atoms with Crippen molar-refractivity contribution in [1.29, 1.82) is 0 Å². The molecule has 0 spiro atoms. The minimum atomic E-state index is -0.991. The maximum Gasteiger partial charge on any atom is 0.514 e. The quantitative estimate of drug-likeness (QED) is 0.0871. The Morgan fingerprint density at radius 1 is 0.884 bits per heavy atom. The summed E-state index contributed by atoms with van der Waals surface area (Å²) in [4.78, 5) is 70.9. The molecule has 0 aliphatic heterocycles. The first-order valence-corrected chi connectivity index (χ1v) is 13.7. The van der Waals surface area contributed by atoms with E-state index in [0.29, 0.717) is 11.3 Å². The fraction of sp³-hybridized carbons (Fsp3) is 0.433. The monoisotopic (exact) mass is 599 g/mol. The van der Waals surface area contributed by atoms with Crippen LogP contribution in [0, 0.1) is 22.0 Å². The zero-order chi connectivity index (χ0) is 31.9. The van der Waals surface area contributed by atoms with Crippen molar-refractivity contribution in [3.8, 4) is 5.75 Å². The second-order valence-electron chi connectivity index (χ2n) is 10.2. The number of nitrogens with zero attached hydrogens (tertiary/aromatic N) is 1. The molecule has 0 unspecified atom stereocenters. The normalized spacial score (nSPS) is 12.1. The van der Waals surface area contributed by atoms with E-state index in [1.807, 2.05) is 13.8 Å². The standard InChI is InChI=1S/C30H37N3O10/c1-19(2)27(17-25(35)14-16-41-15-13-20(3)34)29(37)31-21(4)28(36)32-23-7-5-22(6-8-23)18-42-30(38)43-26-11-9-24(10-12-26)33(39)40/h5-12,19,21,27H,13-18H2,1-4H3,(H,31,37)(H,32,36)/t21-,27-/m0/s1. The summed E-state index contributed by atoms with van der Waals surface area (Å²) in [7, 11) is 0. The lowest BCUT2D eigenvalue weighted by Crippen LogP contribution is -2.45. The number of hydrogen-bond acceptors (Lipinski definition) is 10. The Morgan fingerprint density at radius 2 is 1.51 bits per heavy atom. The van der Waals surface area contributed by atoms with E-state index in [1.54, 1.807) is 24.3 Å². The lowest BCUT2D eigenvalue weighted by atomic mass is 9.89. The first-order chi connectivity index (χ1) is 20.3. The van der Waals surface area contributed by atoms with Crippen LogP contribution in [0.1, 0.15) is 52.5 Å². The van der Waals surface area contributed by atoms with Crippen molar-refractivity contribution in [2.45, 2.75) is 59.6 Å². The molecule has 13 heteroatoms. The molecule has 0 heterocycles. The number of carbonyl (C=O) groups excluding carboxylic acids is 5. The number of nitro groups is 1. The molecule has 0 aromatic heterocycles. The summed E-state index contributed by atoms with van der Waals surface area (Å²) in [6.07, 6.45) is -0.561. The van der Waals surface area contributed by atoms with E-state index in [1.165, 1.54) is 38.1 Å². The van der Waals surface area contributed by atoms with Crippen LogP contribution in [0.5, 0.6) is 5.75 Å². The molecule has 2 atom stereocenters. The Balaban J connectivity index is 1.79. The molecule has 0 aliphatic carbocycles. The van der Waals surface area contributed by atoms with Crippen LogP contribution in [0.4, 0.5) is 16.2 Å². The van der Waals surface area contributed by atoms with Crippen LogP contribution in [0.3, 0.4) is 0 Å². The highest BCUT2D eigenvalue weighted by atomic mass is 16.7. The molecule has 0 saturated heterocycles. The van der Waals surface area contributed by atoms with Crippen LogP contribution in [0.15, 0.2) is 48.5 Å². The fourth-order valence-electron chi connectivity index (χ4n) is 3.71. The average Bonchev–Trinajstić information content (AvgIpc) is 2.95. The average molecular weight is 600 g/mol. The van der Waals surface area contributed by atoms with Crippen molar-refractivity contribution in [2.75, 3.05) is 18.5 Å². The Morgan fingerprint density at radius 3 is 2.09 bits per heavy atom. The molecular formula is C30H37N3O10. The van der Waals surface area contributed by atoms with E-state index in [-0.39, 0.29) is 68.0 Å². The molecule has 2 amide bonds. The van der Waals surface area contributed by atoms with Crippen molar-refractivity contribution in [2.24, 2.45) is 11.8 Å². The van der Waals surface area contributed by atoms with Gasteiger partial charge in [-0.25, -0.2) is 4.79 Å². The molecular weight excluding hydrogens is 562 g/mol. The zero-order valence-corrected chi connectivity index (χ0v) is 24.6. The first kappa shape index (κ1) is 34.6. The van der Waals surface area contributed by atoms with Crippen molar-refractivity contribution >= 4 is 40.9 Å². The number of ether oxygens (including phenoxy) is 3. The van der Waals surface area contributed by atoms with Crippen LogP contribution in [-0.2, 0) is 35.3 Å². The van der Waals surface area contributed by atoms with E-state index in [4.69, 9.17) is 14.2 Å². The number of ketones is 2. The number of carbonyl (C=O) groups is 5. The highest BCUT2D eigenvalue weighted by Crippen LogP contribution is 2.19. The molecule has 232 valence electrons. The van der Waals surface area contributed by atoms with Gasteiger partial charge in [-0.15, -0.1) is 0 Å². The number of rotatable bonds is 17. The van der Waals surface area contributed by atoms with Crippen molar-refractivity contribution in [3.63, 3.8) is 0 Å². The number of hydrogen-bond donors (Lipinski definition) is 2. The van der Waals surface area contributed by atoms with Gasteiger partial charge in [-0.05, 0) is 49.6 Å². The molecule has 0 radical (unpaired) electrons. The van der Waals surface area contributed by atoms with E-state index in [0.717, 1.165) is 0 Å². The third kappa shape index (κ3) is 12.8. The van der Waals surface area contributed by atoms with Crippen molar-refractivity contribution in [3.05, 3.63) is 64.2 Å². The van der Waals surface area contributed by atoms with Crippen LogP contribution in [0.2, 0.25) is 0 Å². The van der Waals surface area contributed by atoms with Gasteiger partial charge in [0, 0.05) is 43.0 Å². The fourth-order valence-corrected chi connectivity index (χ4v) is 3.71. The maximum atomic E-state index is 12.9. The van der Waals surface area contributed by atoms with Gasteiger partial charge in [-0.3, -0.25) is 29.3 Å². The van der Waals surface area contributed by atoms with Gasteiger partial charge < -0.3 is 24.8 Å². The predicted octanol–water partition coefficient (Wildman–Crippen LogP) is 4.37. The second-order valence-corrected chi connectivity index (χ2v) is 10.2. The molecule has 43 heavy (non-hydrogen) atoms. The van der Waals surface area contributed by atoms with Gasteiger partial charge in [-0.1, -0.05) is 26.0 Å². The zero-order valence-electron chi connectivity index (χ0n) is 24.6. The Hall–Kier alpha value is -4.65. The topological polar surface area (TPSA) is 180 Å². The minimum Gasteiger partial charge on any atom is -0.429 e. The maximum absolute atomic E-state index is 12.9. The number of nitrogens with one attached hydrogen (secondary N) is 2. The summed E-state index contributed by atoms with van der Waals surface area (Å²) in [5.41, 5.74) is 0.912. The van der Waals surface area contributed by atoms with E-state index in [9.17, 15) is 34.1 Å². The molecule has 2 aromatic carbocycles. The van der Waals surface area contributed by atoms with Gasteiger partial charge in [0.25, 0.3) is 5.69 Å². The molecule has 2 N–H and O–H groups in total. The van der Waals surface area contributed by atoms with Gasteiger partial charge in [0.1, 0.15) is 30.0 Å². The Labute approximate surface area is 249 Å². The third-order valence-electron chi connectivity index (χ3n) is 6.29. The molecule has 0 aliphatic rings. The van der Waals surface area contributed by atoms with Gasteiger partial charge in [0.15, 0.2) is 0 Å². The second kappa shape index (κ2) is 17.3. The molecule has 0 fully saturated rings. The predicted molar refractivity (Wildman–Crippen MR) is 155 cm³/mol. The molecule has 13 nitrogen and oxygen atoms in total. The molecule has 2 rings (SSSR count). The number of amides is 2. The summed E-state index contributed by atoms with van der Waals surface area (Å²) in [5.74, 6) is -1.67. The third-order valence-corrected chi connectivity index (χ3v) is 6.29. The summed E-state index contributed by atoms with van der Waals surface area (Å²) in [6.45, 7) is 6.96. The van der Waals surface area contributed by atoms with Gasteiger partial charge >= 0.3 is 6.16 Å². The van der Waals surface area contributed by atoms with Crippen LogP contribution in [-0.4, -0.2) is 53.7 Å². The van der Waals surface area contributed by atoms with Crippen LogP contribution >= 0.6 is 0 Å². The molecule has 0 saturated carbocycles. The highest BCUT2D eigenvalue weighted by Gasteiger charge is 2.27. The highest BCUT2D eigenvalue weighted by molar-refractivity contribution is 5.97. The number of non-ortho nitro benzene ring substituents is 1. The lowest BCUT2D eigenvalue weighted by molar-refractivity contribution is -0.384. The molecule has 0 bridgehead atoms. The van der Waals surface area contributed by atoms with Gasteiger partial charge in [0.05, 0.1) is 18.1 Å². The summed E-state index contributed by atoms with van der Waals surface area (Å²) < 4.78 is 15.3. The summed E-state index contributed by atoms with van der Waals surface area (Å²) in [5, 5.41) is 16.1. The smallest absolute Gasteiger partial charge is 0.429 e. The Kier molecular flexibility index (Phi) is 13.9. The van der Waals surface area contributed by atoms with Crippen molar-refractivity contribution < 1.29 is 43.1 Å². The number of anilines is 1. The largest absolute Gasteiger partial charge is 0.514 e. The van der Waals surface area contributed by atoms with E-state index in [2.05, 4.69) is 10.6 Å². The minimum absolute atomic E-state index is 0.00590. The SMILES string of the molecule is CC(=O)CCOCCC(=O)C[C@H](C(=O)N[C@@H](C)C(=O)Nc1ccc(COC(=O)Oc2ccc([N+](=O)[O-])cc2)cc1)C(C)C. The number of Topliss-reactive ketones (excluding diaryl/α,β-unsaturated/α-hetero) is 2. The van der Waals surface area contributed by atoms with Crippen LogP contribution < -0.4 is 15.4 Å². The summed E-state index contributed by atoms with van der Waals surface area (Å²) >= 11 is 0. The van der Waals surface area contributed by atoms with E-state index >= 15 is 0 Å². The van der Waals surface area contributed by atoms with Gasteiger partial charge in [0.2, 0.25) is 11.8 Å². The Bertz CT molecular complexity index is 1280. The lowest BCUT2D eigenvalue weighted by Gasteiger charge is -2.22. The number of nitro benzene ring substituents is 1. The first-order valence-electron chi connectivity index (χ1n) is 13.7. The van der Waals surface area contributed by atoms with Crippen molar-refractivity contribution in [1.82, 2.24) is 5.32 Å². The van der Waals surface area contributed by atoms with E-state index < -0.39 is 34.9 Å². The summed E-state index contributed by atoms with van der Waals surface area (Å²) in [6, 6.07) is 10.5. The van der Waals surface area contributed by atoms with Gasteiger partial charge in [-0.2, -0.15) is 0 Å². The number of benzene rings is 2.